The van der Waals surface area contributed by atoms with Crippen molar-refractivity contribution in [1.82, 2.24) is 14.8 Å². The summed E-state index contributed by atoms with van der Waals surface area (Å²) in [5, 5.41) is 20.6. The van der Waals surface area contributed by atoms with Gasteiger partial charge >= 0.3 is 18.3 Å². The average molecular weight is 795 g/mol. The number of piperidine rings is 2. The summed E-state index contributed by atoms with van der Waals surface area (Å²) in [5.74, 6) is -2.50. The molecule has 17 heteroatoms. The maximum absolute atomic E-state index is 15.0. The number of pyridine rings is 1. The van der Waals surface area contributed by atoms with Gasteiger partial charge in [-0.3, -0.25) is 19.4 Å². The van der Waals surface area contributed by atoms with Gasteiger partial charge in [-0.05, 0) is 56.7 Å². The Labute approximate surface area is 317 Å². The molecule has 4 heterocycles. The van der Waals surface area contributed by atoms with Crippen LogP contribution in [0.15, 0.2) is 54.0 Å². The lowest BCUT2D eigenvalue weighted by Crippen LogP contribution is -2.68. The second kappa shape index (κ2) is 16.9. The van der Waals surface area contributed by atoms with Crippen molar-refractivity contribution in [3.05, 3.63) is 75.7 Å². The van der Waals surface area contributed by atoms with E-state index in [-0.39, 0.29) is 70.5 Å². The van der Waals surface area contributed by atoms with Crippen molar-refractivity contribution < 1.29 is 55.3 Å². The third kappa shape index (κ3) is 9.01. The largest absolute Gasteiger partial charge is 0.493 e. The van der Waals surface area contributed by atoms with Crippen LogP contribution in [0.25, 0.3) is 0 Å². The number of ether oxygens (including phenoxy) is 2. The van der Waals surface area contributed by atoms with E-state index in [0.717, 1.165) is 34.7 Å². The number of carbonyl (C=O) groups is 3. The van der Waals surface area contributed by atoms with Gasteiger partial charge in [-0.15, -0.1) is 11.3 Å². The monoisotopic (exact) mass is 794 g/mol. The van der Waals surface area contributed by atoms with Gasteiger partial charge in [0.1, 0.15) is 22.1 Å². The first-order valence-electron chi connectivity index (χ1n) is 17.9. The normalized spacial score (nSPS) is 20.1. The molecule has 10 nitrogen and oxygen atoms in total. The van der Waals surface area contributed by atoms with Crippen molar-refractivity contribution in [2.45, 2.75) is 94.1 Å². The van der Waals surface area contributed by atoms with Crippen LogP contribution < -0.4 is 9.47 Å². The molecule has 0 unspecified atom stereocenters. The number of benzene rings is 1. The lowest BCUT2D eigenvalue weighted by atomic mass is 9.72. The average Bonchev–Trinajstić information content (AvgIpc) is 3.64. The summed E-state index contributed by atoms with van der Waals surface area (Å²) in [4.78, 5) is 45.3. The van der Waals surface area contributed by atoms with Gasteiger partial charge in [-0.25, -0.2) is 0 Å². The summed E-state index contributed by atoms with van der Waals surface area (Å²) in [6.07, 6.45) is -7.03. The molecule has 296 valence electrons. The van der Waals surface area contributed by atoms with Gasteiger partial charge in [0.2, 0.25) is 5.60 Å². The molecule has 0 spiro atoms. The summed E-state index contributed by atoms with van der Waals surface area (Å²) in [5.41, 5.74) is -4.65. The summed E-state index contributed by atoms with van der Waals surface area (Å²) in [7, 11) is 0. The quantitative estimate of drug-likeness (QED) is 0.136. The number of carbonyl (C=O) groups excluding carboxylic acids is 2. The molecule has 2 aliphatic rings. The number of rotatable bonds is 13. The van der Waals surface area contributed by atoms with E-state index >= 15 is 0 Å². The van der Waals surface area contributed by atoms with E-state index in [1.165, 1.54) is 4.90 Å². The fraction of sp³-hybridized carbons (Fsp3) is 0.500. The Kier molecular flexibility index (Phi) is 12.7. The van der Waals surface area contributed by atoms with Gasteiger partial charge in [0.15, 0.2) is 0 Å². The smallest absolute Gasteiger partial charge is 0.425 e. The highest BCUT2D eigenvalue weighted by atomic mass is 32.1. The highest BCUT2D eigenvalue weighted by Crippen LogP contribution is 2.45. The molecule has 1 N–H and O–H groups in total. The van der Waals surface area contributed by atoms with E-state index in [1.807, 2.05) is 0 Å². The standard InChI is InChI=1S/C38H40F6N4O6S/c1-2-9-29-36(54-25-22-30(55-23-25)38(42,43)44,14-8-18-48(29)33(51)32-27(37(39,40)41)11-7-17-46-32)34(52)47-19-15-35(24-45,16-20-47)26-10-3-4-12-28(26)53-21-6-5-13-31(49)50/h3-4,7,10-12,17,22-23,29H,2,5-6,8-9,13-16,18-21H2,1H3,(H,49,50)/t29-,36+/m1/s1. The molecule has 0 aliphatic carbocycles. The van der Waals surface area contributed by atoms with Crippen LogP contribution in [0.2, 0.25) is 0 Å². The van der Waals surface area contributed by atoms with Crippen LogP contribution in [0.3, 0.4) is 0 Å². The highest BCUT2D eigenvalue weighted by Gasteiger charge is 2.57. The number of thiophene rings is 1. The second-order valence-corrected chi connectivity index (χ2v) is 14.5. The van der Waals surface area contributed by atoms with E-state index in [9.17, 15) is 46.0 Å². The molecule has 2 fully saturated rings. The first-order valence-corrected chi connectivity index (χ1v) is 18.8. The van der Waals surface area contributed by atoms with Crippen LogP contribution in [-0.2, 0) is 27.4 Å². The Morgan fingerprint density at radius 3 is 2.38 bits per heavy atom. The predicted octanol–water partition coefficient (Wildman–Crippen LogP) is 8.12. The molecular formula is C38H40F6N4O6S. The molecule has 0 saturated carbocycles. The number of alkyl halides is 6. The van der Waals surface area contributed by atoms with Crippen LogP contribution >= 0.6 is 11.3 Å². The number of halogens is 6. The van der Waals surface area contributed by atoms with Gasteiger partial charge in [-0.1, -0.05) is 31.5 Å². The number of carboxylic acids is 1. The fourth-order valence-electron chi connectivity index (χ4n) is 7.42. The molecule has 5 rings (SSSR count). The van der Waals surface area contributed by atoms with Gasteiger partial charge in [-0.2, -0.15) is 31.6 Å². The van der Waals surface area contributed by atoms with Gasteiger partial charge < -0.3 is 24.4 Å². The van der Waals surface area contributed by atoms with Gasteiger partial charge in [0, 0.05) is 55.7 Å². The number of carboxylic acid groups (broad SMARTS) is 1. The van der Waals surface area contributed by atoms with Crippen molar-refractivity contribution in [2.75, 3.05) is 26.2 Å². The molecule has 0 radical (unpaired) electrons. The van der Waals surface area contributed by atoms with Gasteiger partial charge in [0.05, 0.1) is 29.7 Å². The number of aliphatic carboxylic acids is 1. The van der Waals surface area contributed by atoms with Crippen LogP contribution in [0.4, 0.5) is 26.3 Å². The number of para-hydroxylation sites is 1. The summed E-state index contributed by atoms with van der Waals surface area (Å²) >= 11 is 0.361. The van der Waals surface area contributed by atoms with E-state index in [4.69, 9.17) is 14.6 Å². The Bertz CT molecular complexity index is 1890. The molecule has 3 aromatic rings. The highest BCUT2D eigenvalue weighted by molar-refractivity contribution is 7.10. The molecule has 2 amide bonds. The third-order valence-electron chi connectivity index (χ3n) is 10.1. The Morgan fingerprint density at radius 1 is 1.02 bits per heavy atom. The number of aromatic nitrogens is 1. The van der Waals surface area contributed by atoms with Crippen molar-refractivity contribution in [2.24, 2.45) is 0 Å². The van der Waals surface area contributed by atoms with Crippen molar-refractivity contribution in [1.29, 1.82) is 5.26 Å². The van der Waals surface area contributed by atoms with Crippen LogP contribution in [-0.4, -0.2) is 75.6 Å². The summed E-state index contributed by atoms with van der Waals surface area (Å²) < 4.78 is 95.5. The summed E-state index contributed by atoms with van der Waals surface area (Å²) in [6, 6.07) is 10.7. The van der Waals surface area contributed by atoms with Crippen molar-refractivity contribution in [3.63, 3.8) is 0 Å². The fourth-order valence-corrected chi connectivity index (χ4v) is 8.10. The number of hydrogen-bond donors (Lipinski definition) is 1. The molecule has 0 bridgehead atoms. The van der Waals surface area contributed by atoms with Crippen molar-refractivity contribution in [3.8, 4) is 17.6 Å². The minimum Gasteiger partial charge on any atom is -0.493 e. The number of likely N-dealkylation sites (tertiary alicyclic amines) is 2. The van der Waals surface area contributed by atoms with Crippen LogP contribution in [0.1, 0.15) is 91.2 Å². The number of nitriles is 1. The molecule has 55 heavy (non-hydrogen) atoms. The first-order chi connectivity index (χ1) is 26.1. The minimum atomic E-state index is -4.92. The lowest BCUT2D eigenvalue weighted by molar-refractivity contribution is -0.160. The van der Waals surface area contributed by atoms with Crippen LogP contribution in [0.5, 0.6) is 11.5 Å². The predicted molar refractivity (Wildman–Crippen MR) is 187 cm³/mol. The van der Waals surface area contributed by atoms with Crippen LogP contribution in [0, 0.1) is 11.3 Å². The molecule has 2 aromatic heterocycles. The number of hydrogen-bond acceptors (Lipinski definition) is 8. The zero-order valence-electron chi connectivity index (χ0n) is 29.9. The second-order valence-electron chi connectivity index (χ2n) is 13.6. The SMILES string of the molecule is CCC[C@H]1N(C(=O)c2ncccc2C(F)(F)F)CCC[C@@]1(Oc1csc(C(F)(F)F)c1)C(=O)N1CCC(C#N)(c2ccccc2OCCCCC(=O)O)CC1. The molecule has 1 aromatic carbocycles. The molecule has 2 atom stereocenters. The van der Waals surface area contributed by atoms with E-state index in [0.29, 0.717) is 41.9 Å². The number of unbranched alkanes of at least 4 members (excludes halogenated alkanes) is 1. The summed E-state index contributed by atoms with van der Waals surface area (Å²) in [6.45, 7) is 1.92. The number of nitrogens with zero attached hydrogens (tertiary/aromatic N) is 4. The van der Waals surface area contributed by atoms with Crippen molar-refractivity contribution >= 4 is 29.1 Å². The Hall–Kier alpha value is -4.85. The zero-order chi connectivity index (χ0) is 40.0. The lowest BCUT2D eigenvalue weighted by Gasteiger charge is -2.51. The maximum Gasteiger partial charge on any atom is 0.425 e. The molecule has 2 aliphatic heterocycles. The van der Waals surface area contributed by atoms with E-state index in [1.54, 1.807) is 31.2 Å². The first kappa shape index (κ1) is 41.3. The molecular weight excluding hydrogens is 754 g/mol. The topological polar surface area (TPSA) is 133 Å². The zero-order valence-corrected chi connectivity index (χ0v) is 30.7. The van der Waals surface area contributed by atoms with E-state index in [2.05, 4.69) is 11.1 Å². The third-order valence-corrected chi connectivity index (χ3v) is 11.0. The molecule has 2 saturated heterocycles. The number of amides is 2. The van der Waals surface area contributed by atoms with Gasteiger partial charge in [0.25, 0.3) is 11.8 Å². The Balaban J connectivity index is 1.48. The minimum absolute atomic E-state index is 0.00708. The Morgan fingerprint density at radius 2 is 1.75 bits per heavy atom. The van der Waals surface area contributed by atoms with E-state index < -0.39 is 63.3 Å². The maximum atomic E-state index is 15.0.